The van der Waals surface area contributed by atoms with Crippen LogP contribution in [0.1, 0.15) is 50.7 Å². The number of hydrogen-bond acceptors (Lipinski definition) is 2. The molecule has 2 heteroatoms. The van der Waals surface area contributed by atoms with Crippen LogP contribution in [0.25, 0.3) is 0 Å². The maximum Gasteiger partial charge on any atom is 0.0309 e. The number of nitrogens with one attached hydrogen (secondary N) is 1. The molecule has 0 amide bonds. The Bertz CT molecular complexity index is 455. The molecule has 0 bridgehead atoms. The van der Waals surface area contributed by atoms with Crippen LogP contribution in [0.2, 0.25) is 0 Å². The Morgan fingerprint density at radius 3 is 2.40 bits per heavy atom. The van der Waals surface area contributed by atoms with Gasteiger partial charge in [-0.2, -0.15) is 0 Å². The Hall–Kier alpha value is -0.860. The lowest BCUT2D eigenvalue weighted by Crippen LogP contribution is -2.66. The van der Waals surface area contributed by atoms with E-state index >= 15 is 0 Å². The van der Waals surface area contributed by atoms with E-state index in [4.69, 9.17) is 0 Å². The first-order valence-electron chi connectivity index (χ1n) is 8.05. The minimum absolute atomic E-state index is 0.249. The van der Waals surface area contributed by atoms with Crippen molar-refractivity contribution in [1.82, 2.24) is 10.2 Å². The lowest BCUT2D eigenvalue weighted by atomic mass is 9.87. The Balaban J connectivity index is 1.76. The molecule has 0 aromatic heterocycles. The second kappa shape index (κ2) is 5.16. The second-order valence-electron chi connectivity index (χ2n) is 7.50. The number of hydrogen-bond donors (Lipinski definition) is 1. The van der Waals surface area contributed by atoms with Crippen molar-refractivity contribution in [2.24, 2.45) is 0 Å². The molecule has 0 atom stereocenters. The molecule has 2 nitrogen and oxygen atoms in total. The van der Waals surface area contributed by atoms with E-state index in [-0.39, 0.29) is 5.54 Å². The maximum absolute atomic E-state index is 3.87. The zero-order valence-electron chi connectivity index (χ0n) is 13.2. The van der Waals surface area contributed by atoms with Gasteiger partial charge in [-0.15, -0.1) is 0 Å². The van der Waals surface area contributed by atoms with Crippen LogP contribution >= 0.6 is 0 Å². The first kappa shape index (κ1) is 14.1. The van der Waals surface area contributed by atoms with Gasteiger partial charge < -0.3 is 5.32 Å². The molecule has 110 valence electrons. The standard InChI is InChI=1S/C18H28N2/c1-15-6-8-16(9-7-15)12-20-14-18(10-4-5-11-18)19-13-17(20,2)3/h6-9,19H,4-5,10-14H2,1-3H3. The summed E-state index contributed by atoms with van der Waals surface area (Å²) in [6.07, 6.45) is 5.50. The van der Waals surface area contributed by atoms with E-state index in [1.54, 1.807) is 0 Å². The summed E-state index contributed by atoms with van der Waals surface area (Å²) >= 11 is 0. The molecule has 1 spiro atoms. The van der Waals surface area contributed by atoms with E-state index in [2.05, 4.69) is 55.3 Å². The molecule has 20 heavy (non-hydrogen) atoms. The smallest absolute Gasteiger partial charge is 0.0309 e. The van der Waals surface area contributed by atoms with Crippen molar-refractivity contribution >= 4 is 0 Å². The van der Waals surface area contributed by atoms with Gasteiger partial charge in [-0.1, -0.05) is 42.7 Å². The van der Waals surface area contributed by atoms with Crippen molar-refractivity contribution in [3.8, 4) is 0 Å². The predicted octanol–water partition coefficient (Wildman–Crippen LogP) is 3.49. The fourth-order valence-electron chi connectivity index (χ4n) is 3.72. The molecule has 1 aliphatic heterocycles. The molecular weight excluding hydrogens is 244 g/mol. The molecule has 1 aliphatic carbocycles. The van der Waals surface area contributed by atoms with Gasteiger partial charge in [0.15, 0.2) is 0 Å². The molecular formula is C18H28N2. The van der Waals surface area contributed by atoms with Crippen molar-refractivity contribution in [3.05, 3.63) is 35.4 Å². The van der Waals surface area contributed by atoms with Crippen LogP contribution in [0, 0.1) is 6.92 Å². The number of nitrogens with zero attached hydrogens (tertiary/aromatic N) is 1. The van der Waals surface area contributed by atoms with Gasteiger partial charge in [0.25, 0.3) is 0 Å². The summed E-state index contributed by atoms with van der Waals surface area (Å²) in [4.78, 5) is 2.69. The highest BCUT2D eigenvalue weighted by Crippen LogP contribution is 2.36. The van der Waals surface area contributed by atoms with E-state index in [1.165, 1.54) is 43.4 Å². The van der Waals surface area contributed by atoms with Gasteiger partial charge in [0.05, 0.1) is 0 Å². The number of benzene rings is 1. The van der Waals surface area contributed by atoms with Crippen molar-refractivity contribution in [3.63, 3.8) is 0 Å². The first-order valence-corrected chi connectivity index (χ1v) is 8.05. The van der Waals surface area contributed by atoms with Gasteiger partial charge in [0.2, 0.25) is 0 Å². The second-order valence-corrected chi connectivity index (χ2v) is 7.50. The maximum atomic E-state index is 3.87. The van der Waals surface area contributed by atoms with Crippen LogP contribution in [0.5, 0.6) is 0 Å². The summed E-state index contributed by atoms with van der Waals surface area (Å²) in [6, 6.07) is 9.04. The number of piperazine rings is 1. The summed E-state index contributed by atoms with van der Waals surface area (Å²) in [5, 5.41) is 3.87. The normalized spacial score (nSPS) is 25.1. The molecule has 1 aromatic carbocycles. The molecule has 1 heterocycles. The third-order valence-electron chi connectivity index (χ3n) is 5.30. The predicted molar refractivity (Wildman–Crippen MR) is 84.9 cm³/mol. The SMILES string of the molecule is Cc1ccc(CN2CC3(CCCC3)NCC2(C)C)cc1. The molecule has 1 saturated heterocycles. The van der Waals surface area contributed by atoms with Crippen LogP contribution in [0.3, 0.4) is 0 Å². The van der Waals surface area contributed by atoms with Gasteiger partial charge in [0.1, 0.15) is 0 Å². The van der Waals surface area contributed by atoms with Crippen LogP contribution in [-0.2, 0) is 6.54 Å². The number of aryl methyl sites for hydroxylation is 1. The topological polar surface area (TPSA) is 15.3 Å². The van der Waals surface area contributed by atoms with E-state index in [0.29, 0.717) is 5.54 Å². The highest BCUT2D eigenvalue weighted by molar-refractivity contribution is 5.22. The largest absolute Gasteiger partial charge is 0.308 e. The van der Waals surface area contributed by atoms with Crippen molar-refractivity contribution < 1.29 is 0 Å². The molecule has 2 aliphatic rings. The lowest BCUT2D eigenvalue weighted by Gasteiger charge is -2.51. The molecule has 1 saturated carbocycles. The third-order valence-corrected chi connectivity index (χ3v) is 5.30. The van der Waals surface area contributed by atoms with Gasteiger partial charge in [-0.25, -0.2) is 0 Å². The van der Waals surface area contributed by atoms with Gasteiger partial charge in [0, 0.05) is 30.7 Å². The van der Waals surface area contributed by atoms with E-state index in [0.717, 1.165) is 13.1 Å². The zero-order valence-corrected chi connectivity index (χ0v) is 13.2. The highest BCUT2D eigenvalue weighted by Gasteiger charge is 2.43. The van der Waals surface area contributed by atoms with Crippen LogP contribution in [0.4, 0.5) is 0 Å². The summed E-state index contributed by atoms with van der Waals surface area (Å²) < 4.78 is 0. The first-order chi connectivity index (χ1) is 9.49. The van der Waals surface area contributed by atoms with Crippen LogP contribution in [-0.4, -0.2) is 29.1 Å². The van der Waals surface area contributed by atoms with Crippen LogP contribution in [0.15, 0.2) is 24.3 Å². The minimum atomic E-state index is 0.249. The molecule has 0 radical (unpaired) electrons. The zero-order chi connectivity index (χ0) is 14.2. The Morgan fingerprint density at radius 2 is 1.75 bits per heavy atom. The average molecular weight is 272 g/mol. The van der Waals surface area contributed by atoms with E-state index < -0.39 is 0 Å². The van der Waals surface area contributed by atoms with E-state index in [1.807, 2.05) is 0 Å². The summed E-state index contributed by atoms with van der Waals surface area (Å²) in [5.41, 5.74) is 3.44. The van der Waals surface area contributed by atoms with Crippen molar-refractivity contribution in [2.45, 2.75) is 64.1 Å². The fourth-order valence-corrected chi connectivity index (χ4v) is 3.72. The van der Waals surface area contributed by atoms with Gasteiger partial charge in [-0.3, -0.25) is 4.90 Å². The number of rotatable bonds is 2. The summed E-state index contributed by atoms with van der Waals surface area (Å²) in [6.45, 7) is 10.3. The Kier molecular flexibility index (Phi) is 3.64. The molecule has 3 rings (SSSR count). The minimum Gasteiger partial charge on any atom is -0.308 e. The molecule has 2 fully saturated rings. The van der Waals surface area contributed by atoms with Crippen molar-refractivity contribution in [1.29, 1.82) is 0 Å². The summed E-state index contributed by atoms with van der Waals surface area (Å²) in [7, 11) is 0. The highest BCUT2D eigenvalue weighted by atomic mass is 15.3. The molecule has 0 unspecified atom stereocenters. The fraction of sp³-hybridized carbons (Fsp3) is 0.667. The Morgan fingerprint density at radius 1 is 1.10 bits per heavy atom. The average Bonchev–Trinajstić information content (AvgIpc) is 2.86. The Labute approximate surface area is 123 Å². The monoisotopic (exact) mass is 272 g/mol. The van der Waals surface area contributed by atoms with Crippen LogP contribution < -0.4 is 5.32 Å². The van der Waals surface area contributed by atoms with Gasteiger partial charge in [-0.05, 0) is 39.2 Å². The lowest BCUT2D eigenvalue weighted by molar-refractivity contribution is 0.0217. The molecule has 1 aromatic rings. The molecule has 1 N–H and O–H groups in total. The third kappa shape index (κ3) is 2.77. The van der Waals surface area contributed by atoms with E-state index in [9.17, 15) is 0 Å². The van der Waals surface area contributed by atoms with Gasteiger partial charge >= 0.3 is 0 Å². The quantitative estimate of drug-likeness (QED) is 0.886. The van der Waals surface area contributed by atoms with Crippen molar-refractivity contribution in [2.75, 3.05) is 13.1 Å². The summed E-state index contributed by atoms with van der Waals surface area (Å²) in [5.74, 6) is 0.